The number of alkyl halides is 2. The van der Waals surface area contributed by atoms with Gasteiger partial charge in [-0.2, -0.15) is 10.4 Å². The van der Waals surface area contributed by atoms with Gasteiger partial charge >= 0.3 is 0 Å². The second-order valence-corrected chi connectivity index (χ2v) is 11.1. The van der Waals surface area contributed by atoms with Crippen molar-refractivity contribution in [1.29, 1.82) is 5.26 Å². The van der Waals surface area contributed by atoms with Crippen LogP contribution >= 0.6 is 0 Å². The van der Waals surface area contributed by atoms with Gasteiger partial charge < -0.3 is 10.2 Å². The number of hydrogen-bond donors (Lipinski definition) is 1. The molecule has 0 atom stereocenters. The topological polar surface area (TPSA) is 104 Å². The number of halogens is 3. The minimum absolute atomic E-state index is 0.0499. The maximum atomic E-state index is 13.8. The van der Waals surface area contributed by atoms with Gasteiger partial charge in [-0.15, -0.1) is 0 Å². The molecular weight excluding hydrogens is 529 g/mol. The summed E-state index contributed by atoms with van der Waals surface area (Å²) in [5.41, 5.74) is 3.03. The van der Waals surface area contributed by atoms with Gasteiger partial charge in [-0.05, 0) is 42.7 Å². The lowest BCUT2D eigenvalue weighted by Gasteiger charge is -2.28. The van der Waals surface area contributed by atoms with Gasteiger partial charge in [0.2, 0.25) is 11.8 Å². The number of anilines is 1. The van der Waals surface area contributed by atoms with Gasteiger partial charge in [-0.1, -0.05) is 12.1 Å². The number of rotatable bonds is 5. The van der Waals surface area contributed by atoms with E-state index >= 15 is 0 Å². The summed E-state index contributed by atoms with van der Waals surface area (Å²) in [5, 5.41) is 14.8. The van der Waals surface area contributed by atoms with Crippen molar-refractivity contribution in [3.05, 3.63) is 60.8 Å². The molecule has 1 aromatic carbocycles. The third-order valence-electron chi connectivity index (χ3n) is 6.71. The Balaban J connectivity index is 0.000000215. The molecule has 8 nitrogen and oxygen atoms in total. The van der Waals surface area contributed by atoms with Crippen LogP contribution in [0.4, 0.5) is 18.9 Å². The van der Waals surface area contributed by atoms with Crippen LogP contribution in [0.2, 0.25) is 0 Å². The molecule has 39 heavy (non-hydrogen) atoms. The highest BCUT2D eigenvalue weighted by Gasteiger charge is 2.37. The second kappa shape index (κ2) is 12.9. The van der Waals surface area contributed by atoms with Gasteiger partial charge in [-0.25, -0.2) is 22.8 Å². The molecule has 1 amide bonds. The molecule has 0 radical (unpaired) electrons. The Kier molecular flexibility index (Phi) is 9.35. The molecular formula is C27H29F3N6O2S. The first kappa shape index (κ1) is 28.3. The van der Waals surface area contributed by atoms with Crippen molar-refractivity contribution in [1.82, 2.24) is 20.1 Å². The van der Waals surface area contributed by atoms with Crippen LogP contribution in [0.1, 0.15) is 25.7 Å². The van der Waals surface area contributed by atoms with Crippen LogP contribution in [-0.4, -0.2) is 61.9 Å². The lowest BCUT2D eigenvalue weighted by atomic mass is 9.86. The van der Waals surface area contributed by atoms with Crippen molar-refractivity contribution in [2.45, 2.75) is 31.6 Å². The number of nitriles is 1. The number of pyridine rings is 1. The average molecular weight is 559 g/mol. The molecule has 1 saturated carbocycles. The molecule has 0 bridgehead atoms. The highest BCUT2D eigenvalue weighted by molar-refractivity contribution is 7.85. The summed E-state index contributed by atoms with van der Waals surface area (Å²) in [6, 6.07) is 12.9. The van der Waals surface area contributed by atoms with Crippen LogP contribution < -0.4 is 10.2 Å². The Labute approximate surface area is 227 Å². The van der Waals surface area contributed by atoms with Crippen molar-refractivity contribution in [2.75, 3.05) is 36.0 Å². The van der Waals surface area contributed by atoms with Crippen LogP contribution in [0.3, 0.4) is 0 Å². The van der Waals surface area contributed by atoms with E-state index in [-0.39, 0.29) is 49.9 Å². The zero-order valence-corrected chi connectivity index (χ0v) is 22.0. The van der Waals surface area contributed by atoms with E-state index in [1.807, 2.05) is 12.1 Å². The molecule has 1 aliphatic heterocycles. The largest absolute Gasteiger partial charge is 0.370 e. The molecule has 3 heterocycles. The summed E-state index contributed by atoms with van der Waals surface area (Å²) in [7, 11) is -0.676. The Morgan fingerprint density at radius 2 is 1.82 bits per heavy atom. The Hall–Kier alpha value is -3.72. The van der Waals surface area contributed by atoms with Gasteiger partial charge in [0.1, 0.15) is 6.54 Å². The number of nitrogens with zero attached hydrogens (tertiary/aromatic N) is 5. The Bertz CT molecular complexity index is 1320. The smallest absolute Gasteiger partial charge is 0.248 e. The SMILES string of the molecule is N#CCNC(=O)C1CCC(F)(F)CC1.O=S1CCN(c2ccc(-c3cnn(-c4ncccc4F)c3)cc2)CC1. The molecule has 206 valence electrons. The minimum Gasteiger partial charge on any atom is -0.370 e. The van der Waals surface area contributed by atoms with E-state index in [2.05, 4.69) is 32.4 Å². The van der Waals surface area contributed by atoms with Gasteiger partial charge in [0.05, 0.1) is 12.3 Å². The predicted molar refractivity (Wildman–Crippen MR) is 142 cm³/mol. The van der Waals surface area contributed by atoms with Crippen LogP contribution in [0, 0.1) is 23.1 Å². The van der Waals surface area contributed by atoms with E-state index in [1.54, 1.807) is 30.7 Å². The molecule has 0 unspecified atom stereocenters. The first-order chi connectivity index (χ1) is 18.8. The third-order valence-corrected chi connectivity index (χ3v) is 7.99. The molecule has 1 saturated heterocycles. The molecule has 0 spiro atoms. The van der Waals surface area contributed by atoms with Crippen molar-refractivity contribution in [3.63, 3.8) is 0 Å². The van der Waals surface area contributed by atoms with E-state index < -0.39 is 22.5 Å². The fraction of sp³-hybridized carbons (Fsp3) is 0.407. The summed E-state index contributed by atoms with van der Waals surface area (Å²) >= 11 is 0. The zero-order chi connectivity index (χ0) is 27.8. The van der Waals surface area contributed by atoms with Gasteiger partial charge in [0, 0.05) is 77.8 Å². The number of amides is 1. The standard InChI is InChI=1S/C18H17FN4OS.C9H12F2N2O/c19-17-2-1-7-20-18(17)23-13-15(12-21-23)14-3-5-16(6-4-14)22-8-10-25(24)11-9-22;10-9(11)3-1-7(2-4-9)8(14)13-6-5-12/h1-7,12-13H,8-11H2;7H,1-4,6H2,(H,13,14). The highest BCUT2D eigenvalue weighted by Crippen LogP contribution is 2.36. The molecule has 1 aliphatic carbocycles. The minimum atomic E-state index is -2.61. The van der Waals surface area contributed by atoms with Crippen molar-refractivity contribution < 1.29 is 22.2 Å². The van der Waals surface area contributed by atoms with Crippen molar-refractivity contribution >= 4 is 22.4 Å². The zero-order valence-electron chi connectivity index (χ0n) is 21.2. The van der Waals surface area contributed by atoms with Crippen LogP contribution in [0.5, 0.6) is 0 Å². The number of carbonyl (C=O) groups is 1. The first-order valence-electron chi connectivity index (χ1n) is 12.6. The fourth-order valence-corrected chi connectivity index (χ4v) is 5.52. The number of carbonyl (C=O) groups excluding carboxylic acids is 1. The summed E-state index contributed by atoms with van der Waals surface area (Å²) in [6.45, 7) is 1.59. The number of aromatic nitrogens is 3. The molecule has 5 rings (SSSR count). The molecule has 2 fully saturated rings. The van der Waals surface area contributed by atoms with E-state index in [9.17, 15) is 22.2 Å². The monoisotopic (exact) mass is 558 g/mol. The summed E-state index contributed by atoms with van der Waals surface area (Å²) in [5.74, 6) is -1.99. The van der Waals surface area contributed by atoms with E-state index in [1.165, 1.54) is 10.7 Å². The van der Waals surface area contributed by atoms with Gasteiger partial charge in [0.25, 0.3) is 0 Å². The first-order valence-corrected chi connectivity index (χ1v) is 14.1. The van der Waals surface area contributed by atoms with Crippen LogP contribution in [-0.2, 0) is 15.6 Å². The Morgan fingerprint density at radius 3 is 2.46 bits per heavy atom. The fourth-order valence-electron chi connectivity index (χ4n) is 4.47. The van der Waals surface area contributed by atoms with Gasteiger partial charge in [-0.3, -0.25) is 9.00 Å². The van der Waals surface area contributed by atoms with Gasteiger partial charge in [0.15, 0.2) is 11.6 Å². The van der Waals surface area contributed by atoms with Crippen molar-refractivity contribution in [2.24, 2.45) is 5.92 Å². The van der Waals surface area contributed by atoms with E-state index in [0.717, 1.165) is 41.4 Å². The summed E-state index contributed by atoms with van der Waals surface area (Å²) in [6.07, 6.45) is 4.99. The molecule has 12 heteroatoms. The molecule has 1 N–H and O–H groups in total. The van der Waals surface area contributed by atoms with Crippen LogP contribution in [0.15, 0.2) is 55.0 Å². The normalized spacial score (nSPS) is 17.5. The predicted octanol–water partition coefficient (Wildman–Crippen LogP) is 4.09. The molecule has 2 aromatic heterocycles. The second-order valence-electron chi connectivity index (χ2n) is 9.37. The highest BCUT2D eigenvalue weighted by atomic mass is 32.2. The number of benzene rings is 1. The van der Waals surface area contributed by atoms with Crippen molar-refractivity contribution in [3.8, 4) is 23.0 Å². The number of hydrogen-bond acceptors (Lipinski definition) is 6. The maximum absolute atomic E-state index is 13.8. The Morgan fingerprint density at radius 1 is 1.13 bits per heavy atom. The molecule has 3 aromatic rings. The number of nitrogens with one attached hydrogen (secondary N) is 1. The maximum Gasteiger partial charge on any atom is 0.248 e. The summed E-state index contributed by atoms with van der Waals surface area (Å²) < 4.78 is 52.1. The average Bonchev–Trinajstić information content (AvgIpc) is 3.43. The quantitative estimate of drug-likeness (QED) is 0.473. The van der Waals surface area contributed by atoms with E-state index in [4.69, 9.17) is 5.26 Å². The van der Waals surface area contributed by atoms with Crippen LogP contribution in [0.25, 0.3) is 16.9 Å². The summed E-state index contributed by atoms with van der Waals surface area (Å²) in [4.78, 5) is 17.5. The lowest BCUT2D eigenvalue weighted by molar-refractivity contribution is -0.128. The lowest BCUT2D eigenvalue weighted by Crippen LogP contribution is -2.37. The molecule has 2 aliphatic rings. The van der Waals surface area contributed by atoms with E-state index in [0.29, 0.717) is 0 Å². The third kappa shape index (κ3) is 7.66.